The number of nitrogens with zero attached hydrogens (tertiary/aromatic N) is 1. The average Bonchev–Trinajstić information content (AvgIpc) is 2.91. The third-order valence-corrected chi connectivity index (χ3v) is 3.46. The van der Waals surface area contributed by atoms with Gasteiger partial charge in [-0.05, 0) is 17.9 Å². The van der Waals surface area contributed by atoms with E-state index in [0.717, 1.165) is 17.9 Å². The summed E-state index contributed by atoms with van der Waals surface area (Å²) in [6, 6.07) is 9.68. The zero-order valence-electron chi connectivity index (χ0n) is 10.7. The van der Waals surface area contributed by atoms with Crippen molar-refractivity contribution in [3.05, 3.63) is 35.9 Å². The summed E-state index contributed by atoms with van der Waals surface area (Å²) < 4.78 is 5.09. The first kappa shape index (κ1) is 12.9. The lowest BCUT2D eigenvalue weighted by Crippen LogP contribution is -2.19. The van der Waals surface area contributed by atoms with Crippen molar-refractivity contribution in [1.29, 1.82) is 0 Å². The lowest BCUT2D eigenvalue weighted by Gasteiger charge is -2.08. The molecule has 2 rings (SSSR count). The smallest absolute Gasteiger partial charge is 0.429 e. The molecule has 18 heavy (non-hydrogen) atoms. The van der Waals surface area contributed by atoms with Gasteiger partial charge in [0.25, 0.3) is 0 Å². The first-order valence-electron chi connectivity index (χ1n) is 6.73. The second kappa shape index (κ2) is 7.04. The molecule has 0 unspecified atom stereocenters. The van der Waals surface area contributed by atoms with Crippen LogP contribution in [0.1, 0.15) is 37.7 Å². The van der Waals surface area contributed by atoms with E-state index in [9.17, 15) is 4.79 Å². The minimum Gasteiger partial charge on any atom is -0.443 e. The van der Waals surface area contributed by atoms with Crippen molar-refractivity contribution in [3.63, 3.8) is 0 Å². The Morgan fingerprint density at radius 3 is 2.67 bits per heavy atom. The molecule has 0 aliphatic heterocycles. The number of amides is 1. The topological polar surface area (TPSA) is 40.4 Å². The summed E-state index contributed by atoms with van der Waals surface area (Å²) in [5.74, 6) is 0.774. The van der Waals surface area contributed by atoms with Crippen molar-refractivity contribution in [2.24, 2.45) is 5.92 Å². The number of carbonyl (C=O) groups is 1. The Kier molecular flexibility index (Phi) is 5.06. The predicted molar refractivity (Wildman–Crippen MR) is 70.2 cm³/mol. The van der Waals surface area contributed by atoms with Gasteiger partial charge in [0, 0.05) is 6.54 Å². The first-order valence-corrected chi connectivity index (χ1v) is 6.73. The van der Waals surface area contributed by atoms with Crippen LogP contribution in [0.15, 0.2) is 30.3 Å². The Bertz CT molecular complexity index is 358. The normalized spacial score (nSPS) is 15.6. The van der Waals surface area contributed by atoms with Crippen molar-refractivity contribution in [1.82, 2.24) is 5.32 Å². The standard InChI is InChI=1S/C15H20NO2/c17-15(16-11-10-13-6-4-5-7-13)18-12-14-8-2-1-3-9-14/h1-3,8-9,13H,4-7,10-12H2. The Morgan fingerprint density at radius 1 is 1.22 bits per heavy atom. The molecule has 0 spiro atoms. The van der Waals surface area contributed by atoms with Crippen molar-refractivity contribution < 1.29 is 9.53 Å². The number of benzene rings is 1. The molecular weight excluding hydrogens is 226 g/mol. The molecule has 1 aromatic rings. The van der Waals surface area contributed by atoms with Crippen LogP contribution in [-0.2, 0) is 11.3 Å². The Morgan fingerprint density at radius 2 is 1.94 bits per heavy atom. The summed E-state index contributed by atoms with van der Waals surface area (Å²) in [4.78, 5) is 11.4. The van der Waals surface area contributed by atoms with Gasteiger partial charge in [-0.25, -0.2) is 10.1 Å². The third-order valence-electron chi connectivity index (χ3n) is 3.46. The highest BCUT2D eigenvalue weighted by molar-refractivity contribution is 5.66. The lowest BCUT2D eigenvalue weighted by atomic mass is 10.0. The number of hydrogen-bond acceptors (Lipinski definition) is 2. The van der Waals surface area contributed by atoms with Crippen LogP contribution < -0.4 is 5.32 Å². The predicted octanol–water partition coefficient (Wildman–Crippen LogP) is 3.51. The van der Waals surface area contributed by atoms with E-state index in [0.29, 0.717) is 13.2 Å². The second-order valence-electron chi connectivity index (χ2n) is 4.86. The first-order chi connectivity index (χ1) is 8.84. The fourth-order valence-corrected chi connectivity index (χ4v) is 2.40. The lowest BCUT2D eigenvalue weighted by molar-refractivity contribution is 0.138. The van der Waals surface area contributed by atoms with Crippen molar-refractivity contribution in [3.8, 4) is 0 Å². The Balaban J connectivity index is 1.57. The van der Waals surface area contributed by atoms with Crippen LogP contribution in [0.25, 0.3) is 0 Å². The zero-order chi connectivity index (χ0) is 12.6. The van der Waals surface area contributed by atoms with Gasteiger partial charge in [-0.2, -0.15) is 0 Å². The van der Waals surface area contributed by atoms with Crippen molar-refractivity contribution >= 4 is 6.09 Å². The number of hydrogen-bond donors (Lipinski definition) is 0. The van der Waals surface area contributed by atoms with Crippen LogP contribution in [0.3, 0.4) is 0 Å². The molecule has 0 heterocycles. The molecule has 1 fully saturated rings. The van der Waals surface area contributed by atoms with E-state index < -0.39 is 6.09 Å². The van der Waals surface area contributed by atoms with Gasteiger partial charge in [0.2, 0.25) is 0 Å². The molecule has 97 valence electrons. The van der Waals surface area contributed by atoms with Crippen molar-refractivity contribution in [2.75, 3.05) is 6.54 Å². The van der Waals surface area contributed by atoms with Crippen LogP contribution in [0.5, 0.6) is 0 Å². The minimum absolute atomic E-state index is 0.312. The monoisotopic (exact) mass is 246 g/mol. The van der Waals surface area contributed by atoms with E-state index in [4.69, 9.17) is 4.74 Å². The van der Waals surface area contributed by atoms with Crippen LogP contribution in [0.2, 0.25) is 0 Å². The van der Waals surface area contributed by atoms with Crippen LogP contribution >= 0.6 is 0 Å². The second-order valence-corrected chi connectivity index (χ2v) is 4.86. The van der Waals surface area contributed by atoms with Gasteiger partial charge in [0.15, 0.2) is 0 Å². The van der Waals surface area contributed by atoms with Gasteiger partial charge in [-0.3, -0.25) is 0 Å². The summed E-state index contributed by atoms with van der Waals surface area (Å²) in [5, 5.41) is 3.94. The average molecular weight is 246 g/mol. The van der Waals surface area contributed by atoms with Crippen LogP contribution in [-0.4, -0.2) is 12.6 Å². The highest BCUT2D eigenvalue weighted by Gasteiger charge is 2.15. The molecule has 0 aromatic heterocycles. The molecule has 0 atom stereocenters. The molecule has 1 radical (unpaired) electrons. The van der Waals surface area contributed by atoms with E-state index in [1.165, 1.54) is 25.7 Å². The summed E-state index contributed by atoms with van der Waals surface area (Å²) in [7, 11) is 0. The van der Waals surface area contributed by atoms with Crippen LogP contribution in [0.4, 0.5) is 4.79 Å². The molecule has 1 aliphatic carbocycles. The zero-order valence-corrected chi connectivity index (χ0v) is 10.7. The molecule has 3 nitrogen and oxygen atoms in total. The fraction of sp³-hybridized carbons (Fsp3) is 0.533. The summed E-state index contributed by atoms with van der Waals surface area (Å²) in [5.41, 5.74) is 0.997. The largest absolute Gasteiger partial charge is 0.443 e. The SMILES string of the molecule is O=C([N]CCC1CCCC1)OCc1ccccc1. The maximum Gasteiger partial charge on any atom is 0.429 e. The van der Waals surface area contributed by atoms with Gasteiger partial charge < -0.3 is 4.74 Å². The van der Waals surface area contributed by atoms with E-state index in [1.807, 2.05) is 30.3 Å². The van der Waals surface area contributed by atoms with E-state index >= 15 is 0 Å². The molecular formula is C15H20NO2. The number of carbonyl (C=O) groups excluding carboxylic acids is 1. The number of ether oxygens (including phenoxy) is 1. The van der Waals surface area contributed by atoms with Crippen LogP contribution in [0, 0.1) is 5.92 Å². The molecule has 1 aliphatic rings. The molecule has 1 amide bonds. The van der Waals surface area contributed by atoms with Gasteiger partial charge in [-0.1, -0.05) is 56.0 Å². The van der Waals surface area contributed by atoms with Gasteiger partial charge in [0.05, 0.1) is 0 Å². The quantitative estimate of drug-likeness (QED) is 0.797. The van der Waals surface area contributed by atoms with E-state index in [-0.39, 0.29) is 0 Å². The maximum absolute atomic E-state index is 11.4. The molecule has 1 aromatic carbocycles. The highest BCUT2D eigenvalue weighted by atomic mass is 16.5. The molecule has 3 heteroatoms. The summed E-state index contributed by atoms with van der Waals surface area (Å²) in [6.45, 7) is 0.922. The molecule has 0 saturated heterocycles. The molecule has 1 saturated carbocycles. The fourth-order valence-electron chi connectivity index (χ4n) is 2.40. The Labute approximate surface area is 109 Å². The highest BCUT2D eigenvalue weighted by Crippen LogP contribution is 2.26. The maximum atomic E-state index is 11.4. The molecule has 0 bridgehead atoms. The van der Waals surface area contributed by atoms with Gasteiger partial charge >= 0.3 is 6.09 Å². The molecule has 0 N–H and O–H groups in total. The van der Waals surface area contributed by atoms with Gasteiger partial charge in [0.1, 0.15) is 6.61 Å². The van der Waals surface area contributed by atoms with E-state index in [1.54, 1.807) is 0 Å². The van der Waals surface area contributed by atoms with Gasteiger partial charge in [-0.15, -0.1) is 0 Å². The third kappa shape index (κ3) is 4.40. The summed E-state index contributed by atoms with van der Waals surface area (Å²) >= 11 is 0. The Hall–Kier alpha value is -1.51. The number of rotatable bonds is 5. The summed E-state index contributed by atoms with van der Waals surface area (Å²) in [6.07, 6.45) is 5.87. The van der Waals surface area contributed by atoms with E-state index in [2.05, 4.69) is 5.32 Å². The minimum atomic E-state index is -0.433. The van der Waals surface area contributed by atoms with Crippen molar-refractivity contribution in [2.45, 2.75) is 38.7 Å².